The van der Waals surface area contributed by atoms with Gasteiger partial charge in [-0.1, -0.05) is 30.3 Å². The molecule has 1 aromatic carbocycles. The summed E-state index contributed by atoms with van der Waals surface area (Å²) >= 11 is 0. The van der Waals surface area contributed by atoms with E-state index in [1.165, 1.54) is 0 Å². The fraction of sp³-hybridized carbons (Fsp3) is 0.467. The fourth-order valence-corrected chi connectivity index (χ4v) is 2.68. The van der Waals surface area contributed by atoms with Crippen molar-refractivity contribution in [3.8, 4) is 6.07 Å². The van der Waals surface area contributed by atoms with Gasteiger partial charge in [0.25, 0.3) is 0 Å². The first kappa shape index (κ1) is 13.6. The van der Waals surface area contributed by atoms with E-state index in [1.807, 2.05) is 37.3 Å². The van der Waals surface area contributed by atoms with Gasteiger partial charge in [-0.15, -0.1) is 0 Å². The van der Waals surface area contributed by atoms with Crippen LogP contribution in [0.15, 0.2) is 30.3 Å². The maximum Gasteiger partial charge on any atom is 0.224 e. The van der Waals surface area contributed by atoms with Gasteiger partial charge in [0.1, 0.15) is 0 Å². The molecule has 100 valence electrons. The Kier molecular flexibility index (Phi) is 3.87. The summed E-state index contributed by atoms with van der Waals surface area (Å²) in [6, 6.07) is 12.3. The quantitative estimate of drug-likeness (QED) is 0.894. The van der Waals surface area contributed by atoms with Crippen molar-refractivity contribution >= 4 is 5.91 Å². The summed E-state index contributed by atoms with van der Waals surface area (Å²) in [6.07, 6.45) is 1.19. The molecule has 0 bridgehead atoms. The maximum atomic E-state index is 11.5. The summed E-state index contributed by atoms with van der Waals surface area (Å²) in [7, 11) is 0. The first-order chi connectivity index (χ1) is 9.07. The molecule has 2 unspecified atom stereocenters. The van der Waals surface area contributed by atoms with E-state index in [9.17, 15) is 4.79 Å². The first-order valence-electron chi connectivity index (χ1n) is 6.53. The molecule has 4 heteroatoms. The number of likely N-dealkylation sites (tertiary alicyclic amines) is 1. The average Bonchev–Trinajstić information content (AvgIpc) is 2.81. The van der Waals surface area contributed by atoms with Gasteiger partial charge in [-0.25, -0.2) is 0 Å². The van der Waals surface area contributed by atoms with Crippen molar-refractivity contribution in [1.82, 2.24) is 4.90 Å². The standard InChI is InChI=1S/C15H19N3O/c1-15(14(17)19)8-10-18(11-15)13(7-9-16)12-5-3-2-4-6-12/h2-6,13H,7-8,10-11H2,1H3,(H2,17,19). The lowest BCUT2D eigenvalue weighted by molar-refractivity contribution is -0.126. The zero-order chi connectivity index (χ0) is 13.9. The number of nitrogens with two attached hydrogens (primary N) is 1. The molecule has 2 rings (SSSR count). The zero-order valence-corrected chi connectivity index (χ0v) is 11.2. The van der Waals surface area contributed by atoms with Crippen molar-refractivity contribution in [3.63, 3.8) is 0 Å². The van der Waals surface area contributed by atoms with Crippen LogP contribution in [0.25, 0.3) is 0 Å². The third-order valence-electron chi connectivity index (χ3n) is 4.01. The van der Waals surface area contributed by atoms with Gasteiger partial charge in [-0.05, 0) is 25.5 Å². The molecule has 2 atom stereocenters. The summed E-state index contributed by atoms with van der Waals surface area (Å²) in [5.74, 6) is -0.251. The normalized spacial score (nSPS) is 24.8. The Morgan fingerprint density at radius 2 is 2.21 bits per heavy atom. The first-order valence-corrected chi connectivity index (χ1v) is 6.53. The number of hydrogen-bond acceptors (Lipinski definition) is 3. The highest BCUT2D eigenvalue weighted by molar-refractivity contribution is 5.81. The molecule has 0 radical (unpaired) electrons. The largest absolute Gasteiger partial charge is 0.369 e. The molecule has 1 aromatic rings. The van der Waals surface area contributed by atoms with E-state index in [2.05, 4.69) is 11.0 Å². The van der Waals surface area contributed by atoms with Gasteiger partial charge in [0.2, 0.25) is 5.91 Å². The van der Waals surface area contributed by atoms with Crippen molar-refractivity contribution < 1.29 is 4.79 Å². The van der Waals surface area contributed by atoms with E-state index in [-0.39, 0.29) is 11.9 Å². The predicted molar refractivity (Wildman–Crippen MR) is 72.9 cm³/mol. The van der Waals surface area contributed by atoms with Gasteiger partial charge < -0.3 is 5.73 Å². The van der Waals surface area contributed by atoms with Gasteiger partial charge >= 0.3 is 0 Å². The topological polar surface area (TPSA) is 70.1 Å². The van der Waals surface area contributed by atoms with Crippen LogP contribution in [0.1, 0.15) is 31.4 Å². The van der Waals surface area contributed by atoms with Crippen molar-refractivity contribution in [2.45, 2.75) is 25.8 Å². The highest BCUT2D eigenvalue weighted by atomic mass is 16.1. The number of amides is 1. The van der Waals surface area contributed by atoms with Crippen molar-refractivity contribution in [1.29, 1.82) is 5.26 Å². The van der Waals surface area contributed by atoms with Crippen LogP contribution in [-0.2, 0) is 4.79 Å². The second-order valence-electron chi connectivity index (χ2n) is 5.43. The van der Waals surface area contributed by atoms with Crippen LogP contribution in [0.3, 0.4) is 0 Å². The molecular formula is C15H19N3O. The summed E-state index contributed by atoms with van der Waals surface area (Å²) in [4.78, 5) is 13.7. The minimum Gasteiger partial charge on any atom is -0.369 e. The molecular weight excluding hydrogens is 238 g/mol. The van der Waals surface area contributed by atoms with E-state index in [1.54, 1.807) is 0 Å². The zero-order valence-electron chi connectivity index (χ0n) is 11.2. The number of nitrogens with zero attached hydrogens (tertiary/aromatic N) is 2. The van der Waals surface area contributed by atoms with Crippen LogP contribution in [-0.4, -0.2) is 23.9 Å². The second-order valence-corrected chi connectivity index (χ2v) is 5.43. The summed E-state index contributed by atoms with van der Waals surface area (Å²) in [5, 5.41) is 9.03. The number of carbonyl (C=O) groups excluding carboxylic acids is 1. The number of rotatable bonds is 4. The van der Waals surface area contributed by atoms with Gasteiger partial charge in [-0.3, -0.25) is 9.69 Å². The lowest BCUT2D eigenvalue weighted by atomic mass is 9.89. The molecule has 1 aliphatic heterocycles. The minimum absolute atomic E-state index is 0.0485. The van der Waals surface area contributed by atoms with Crippen LogP contribution in [0.4, 0.5) is 0 Å². The highest BCUT2D eigenvalue weighted by Gasteiger charge is 2.41. The van der Waals surface area contributed by atoms with Crippen molar-refractivity contribution in [2.24, 2.45) is 11.1 Å². The van der Waals surface area contributed by atoms with E-state index < -0.39 is 5.41 Å². The molecule has 2 N–H and O–H groups in total. The molecule has 0 spiro atoms. The van der Waals surface area contributed by atoms with Gasteiger partial charge in [0, 0.05) is 12.6 Å². The van der Waals surface area contributed by atoms with Gasteiger partial charge in [0.05, 0.1) is 17.9 Å². The number of primary amides is 1. The fourth-order valence-electron chi connectivity index (χ4n) is 2.68. The van der Waals surface area contributed by atoms with Crippen LogP contribution in [0, 0.1) is 16.7 Å². The Morgan fingerprint density at radius 1 is 1.53 bits per heavy atom. The Morgan fingerprint density at radius 3 is 2.74 bits per heavy atom. The van der Waals surface area contributed by atoms with Gasteiger partial charge in [-0.2, -0.15) is 5.26 Å². The third-order valence-corrected chi connectivity index (χ3v) is 4.01. The number of nitriles is 1. The second kappa shape index (κ2) is 5.41. The smallest absolute Gasteiger partial charge is 0.224 e. The molecule has 0 aromatic heterocycles. The van der Waals surface area contributed by atoms with E-state index >= 15 is 0 Å². The Balaban J connectivity index is 2.19. The lowest BCUT2D eigenvalue weighted by Gasteiger charge is -2.28. The Labute approximate surface area is 113 Å². The van der Waals surface area contributed by atoms with Crippen molar-refractivity contribution in [2.75, 3.05) is 13.1 Å². The molecule has 1 saturated heterocycles. The molecule has 1 amide bonds. The molecule has 0 saturated carbocycles. The molecule has 1 heterocycles. The predicted octanol–water partition coefficient (Wildman–Crippen LogP) is 1.84. The van der Waals surface area contributed by atoms with Crippen molar-refractivity contribution in [3.05, 3.63) is 35.9 Å². The van der Waals surface area contributed by atoms with Gasteiger partial charge in [0.15, 0.2) is 0 Å². The van der Waals surface area contributed by atoms with E-state index in [0.29, 0.717) is 13.0 Å². The van der Waals surface area contributed by atoms with E-state index in [0.717, 1.165) is 18.5 Å². The summed E-state index contributed by atoms with van der Waals surface area (Å²) in [6.45, 7) is 3.34. The summed E-state index contributed by atoms with van der Waals surface area (Å²) in [5.41, 5.74) is 6.13. The Hall–Kier alpha value is -1.86. The summed E-state index contributed by atoms with van der Waals surface area (Å²) < 4.78 is 0. The molecule has 19 heavy (non-hydrogen) atoms. The van der Waals surface area contributed by atoms with Crippen LogP contribution in [0.5, 0.6) is 0 Å². The molecule has 1 aliphatic rings. The molecule has 1 fully saturated rings. The maximum absolute atomic E-state index is 11.5. The third kappa shape index (κ3) is 2.77. The van der Waals surface area contributed by atoms with Crippen LogP contribution in [0.2, 0.25) is 0 Å². The van der Waals surface area contributed by atoms with E-state index in [4.69, 9.17) is 11.0 Å². The number of benzene rings is 1. The molecule has 4 nitrogen and oxygen atoms in total. The highest BCUT2D eigenvalue weighted by Crippen LogP contribution is 2.36. The average molecular weight is 257 g/mol. The monoisotopic (exact) mass is 257 g/mol. The SMILES string of the molecule is CC1(C(N)=O)CCN(C(CC#N)c2ccccc2)C1. The lowest BCUT2D eigenvalue weighted by Crippen LogP contribution is -2.38. The molecule has 0 aliphatic carbocycles. The van der Waals surface area contributed by atoms with Crippen LogP contribution < -0.4 is 5.73 Å². The Bertz CT molecular complexity index is 494. The van der Waals surface area contributed by atoms with Crippen LogP contribution >= 0.6 is 0 Å². The minimum atomic E-state index is -0.470. The number of carbonyl (C=O) groups is 1. The number of hydrogen-bond donors (Lipinski definition) is 1.